The summed E-state index contributed by atoms with van der Waals surface area (Å²) in [6, 6.07) is 5.99. The second-order valence-corrected chi connectivity index (χ2v) is 3.99. The van der Waals surface area contributed by atoms with Gasteiger partial charge in [0.25, 0.3) is 0 Å². The largest absolute Gasteiger partial charge is 0.375 e. The molecule has 14 heavy (non-hydrogen) atoms. The van der Waals surface area contributed by atoms with Gasteiger partial charge in [-0.3, -0.25) is 0 Å². The lowest BCUT2D eigenvalue weighted by Crippen LogP contribution is -2.10. The number of fused-ring (bicyclic) bond motifs is 1. The van der Waals surface area contributed by atoms with E-state index in [4.69, 9.17) is 0 Å². The van der Waals surface area contributed by atoms with Crippen molar-refractivity contribution in [3.63, 3.8) is 0 Å². The van der Waals surface area contributed by atoms with Gasteiger partial charge >= 0.3 is 0 Å². The summed E-state index contributed by atoms with van der Waals surface area (Å²) < 4.78 is 0.828. The molecule has 0 saturated carbocycles. The topological polar surface area (TPSA) is 29.0 Å². The van der Waals surface area contributed by atoms with E-state index >= 15 is 0 Å². The van der Waals surface area contributed by atoms with Gasteiger partial charge < -0.3 is 4.90 Å². The first-order valence-electron chi connectivity index (χ1n) is 4.27. The second-order valence-electron chi connectivity index (χ2n) is 3.24. The van der Waals surface area contributed by atoms with Gasteiger partial charge in [-0.05, 0) is 34.1 Å². The zero-order valence-electron chi connectivity index (χ0n) is 8.03. The molecule has 2 aromatic heterocycles. The van der Waals surface area contributed by atoms with Crippen LogP contribution < -0.4 is 4.90 Å². The number of hydrogen-bond donors (Lipinski definition) is 0. The van der Waals surface area contributed by atoms with Crippen molar-refractivity contribution in [2.75, 3.05) is 19.0 Å². The predicted molar refractivity (Wildman–Crippen MR) is 61.6 cm³/mol. The molecule has 0 spiro atoms. The average Bonchev–Trinajstić information content (AvgIpc) is 2.16. The summed E-state index contributed by atoms with van der Waals surface area (Å²) in [6.07, 6.45) is 1.75. The van der Waals surface area contributed by atoms with E-state index in [1.165, 1.54) is 0 Å². The molecule has 3 nitrogen and oxygen atoms in total. The Morgan fingerprint density at radius 2 is 2.14 bits per heavy atom. The summed E-state index contributed by atoms with van der Waals surface area (Å²) in [6.45, 7) is 0. The first kappa shape index (κ1) is 9.40. The number of pyridine rings is 2. The second kappa shape index (κ2) is 3.53. The Morgan fingerprint density at radius 1 is 1.36 bits per heavy atom. The highest BCUT2D eigenvalue weighted by Gasteiger charge is 2.05. The van der Waals surface area contributed by atoms with Crippen LogP contribution in [0, 0.1) is 0 Å². The van der Waals surface area contributed by atoms with E-state index in [2.05, 4.69) is 32.0 Å². The number of rotatable bonds is 1. The van der Waals surface area contributed by atoms with Crippen LogP contribution in [0.25, 0.3) is 11.0 Å². The summed E-state index contributed by atoms with van der Waals surface area (Å²) in [7, 11) is 3.98. The minimum atomic E-state index is 0.768. The van der Waals surface area contributed by atoms with Crippen LogP contribution in [-0.2, 0) is 0 Å². The van der Waals surface area contributed by atoms with Crippen LogP contribution in [0.2, 0.25) is 0 Å². The zero-order chi connectivity index (χ0) is 10.1. The van der Waals surface area contributed by atoms with Gasteiger partial charge in [-0.2, -0.15) is 0 Å². The highest BCUT2D eigenvalue weighted by Crippen LogP contribution is 2.25. The van der Waals surface area contributed by atoms with Crippen LogP contribution in [0.15, 0.2) is 29.0 Å². The van der Waals surface area contributed by atoms with Gasteiger partial charge in [-0.25, -0.2) is 9.97 Å². The highest BCUT2D eigenvalue weighted by atomic mass is 79.9. The van der Waals surface area contributed by atoms with E-state index in [0.717, 1.165) is 21.3 Å². The van der Waals surface area contributed by atoms with Crippen LogP contribution in [-0.4, -0.2) is 24.1 Å². The first-order chi connectivity index (χ1) is 6.68. The molecular formula is C10H10BrN3. The number of aromatic nitrogens is 2. The lowest BCUT2D eigenvalue weighted by molar-refractivity contribution is 1.10. The normalized spacial score (nSPS) is 10.5. The molecule has 0 N–H and O–H groups in total. The molecular weight excluding hydrogens is 242 g/mol. The molecule has 0 atom stereocenters. The van der Waals surface area contributed by atoms with E-state index in [0.29, 0.717) is 0 Å². The van der Waals surface area contributed by atoms with Crippen LogP contribution in [0.3, 0.4) is 0 Å². The molecule has 4 heteroatoms. The lowest BCUT2D eigenvalue weighted by Gasteiger charge is -2.14. The predicted octanol–water partition coefficient (Wildman–Crippen LogP) is 2.46. The first-order valence-corrected chi connectivity index (χ1v) is 5.06. The summed E-state index contributed by atoms with van der Waals surface area (Å²) in [5, 5.41) is 1.06. The smallest absolute Gasteiger partial charge is 0.160 e. The van der Waals surface area contributed by atoms with Crippen molar-refractivity contribution in [2.24, 2.45) is 0 Å². The zero-order valence-corrected chi connectivity index (χ0v) is 9.62. The molecule has 0 fully saturated rings. The third kappa shape index (κ3) is 1.57. The van der Waals surface area contributed by atoms with Crippen LogP contribution >= 0.6 is 15.9 Å². The average molecular weight is 252 g/mol. The van der Waals surface area contributed by atoms with Gasteiger partial charge in [0, 0.05) is 25.7 Å². The molecule has 0 aromatic carbocycles. The fraction of sp³-hybridized carbons (Fsp3) is 0.200. The summed E-state index contributed by atoms with van der Waals surface area (Å²) >= 11 is 3.43. The van der Waals surface area contributed by atoms with Crippen LogP contribution in [0.5, 0.6) is 0 Å². The molecule has 72 valence electrons. The molecule has 0 unspecified atom stereocenters. The lowest BCUT2D eigenvalue weighted by atomic mass is 10.2. The SMILES string of the molecule is CN(C)c1cc2cccnc2nc1Br. The number of nitrogens with zero attached hydrogens (tertiary/aromatic N) is 3. The Kier molecular flexibility index (Phi) is 2.37. The van der Waals surface area contributed by atoms with E-state index in [1.54, 1.807) is 6.20 Å². The fourth-order valence-electron chi connectivity index (χ4n) is 1.29. The standard InChI is InChI=1S/C10H10BrN3/c1-14(2)8-6-7-4-3-5-12-10(7)13-9(8)11/h3-6H,1-2H3. The highest BCUT2D eigenvalue weighted by molar-refractivity contribution is 9.10. The van der Waals surface area contributed by atoms with Crippen molar-refractivity contribution in [3.05, 3.63) is 29.0 Å². The van der Waals surface area contributed by atoms with Crippen molar-refractivity contribution in [2.45, 2.75) is 0 Å². The third-order valence-corrected chi connectivity index (χ3v) is 2.59. The minimum Gasteiger partial charge on any atom is -0.375 e. The van der Waals surface area contributed by atoms with Crippen molar-refractivity contribution in [3.8, 4) is 0 Å². The van der Waals surface area contributed by atoms with E-state index in [9.17, 15) is 0 Å². The maximum atomic E-state index is 4.36. The maximum absolute atomic E-state index is 4.36. The number of anilines is 1. The number of halogens is 1. The molecule has 0 aliphatic carbocycles. The molecule has 2 heterocycles. The molecule has 0 saturated heterocycles. The van der Waals surface area contributed by atoms with E-state index in [1.807, 2.05) is 31.1 Å². The van der Waals surface area contributed by atoms with Gasteiger partial charge in [0.1, 0.15) is 4.60 Å². The van der Waals surface area contributed by atoms with Crippen LogP contribution in [0.4, 0.5) is 5.69 Å². The van der Waals surface area contributed by atoms with E-state index in [-0.39, 0.29) is 0 Å². The van der Waals surface area contributed by atoms with Crippen LogP contribution in [0.1, 0.15) is 0 Å². The van der Waals surface area contributed by atoms with Crippen molar-refractivity contribution in [1.82, 2.24) is 9.97 Å². The molecule has 0 radical (unpaired) electrons. The monoisotopic (exact) mass is 251 g/mol. The molecule has 0 amide bonds. The van der Waals surface area contributed by atoms with Gasteiger partial charge in [-0.1, -0.05) is 0 Å². The van der Waals surface area contributed by atoms with E-state index < -0.39 is 0 Å². The van der Waals surface area contributed by atoms with Crippen molar-refractivity contribution < 1.29 is 0 Å². The summed E-state index contributed by atoms with van der Waals surface area (Å²) in [5.74, 6) is 0. The van der Waals surface area contributed by atoms with Gasteiger partial charge in [0.2, 0.25) is 0 Å². The molecule has 0 aliphatic heterocycles. The Labute approximate surface area is 90.9 Å². The number of hydrogen-bond acceptors (Lipinski definition) is 3. The van der Waals surface area contributed by atoms with Gasteiger partial charge in [0.05, 0.1) is 5.69 Å². The van der Waals surface area contributed by atoms with Gasteiger partial charge in [0.15, 0.2) is 5.65 Å². The third-order valence-electron chi connectivity index (χ3n) is 2.01. The summed E-state index contributed by atoms with van der Waals surface area (Å²) in [5.41, 5.74) is 1.83. The summed E-state index contributed by atoms with van der Waals surface area (Å²) in [4.78, 5) is 10.6. The fourth-order valence-corrected chi connectivity index (χ4v) is 1.92. The maximum Gasteiger partial charge on any atom is 0.160 e. The molecule has 2 aromatic rings. The Hall–Kier alpha value is -1.16. The molecule has 2 rings (SSSR count). The molecule has 0 aliphatic rings. The quantitative estimate of drug-likeness (QED) is 0.730. The van der Waals surface area contributed by atoms with Crippen molar-refractivity contribution in [1.29, 1.82) is 0 Å². The van der Waals surface area contributed by atoms with Gasteiger partial charge in [-0.15, -0.1) is 0 Å². The molecule has 0 bridgehead atoms. The minimum absolute atomic E-state index is 0.768. The Bertz CT molecular complexity index is 468. The Balaban J connectivity index is 2.71. The van der Waals surface area contributed by atoms with Crippen molar-refractivity contribution >= 4 is 32.7 Å². The Morgan fingerprint density at radius 3 is 2.86 bits per heavy atom.